The van der Waals surface area contributed by atoms with Gasteiger partial charge in [-0.25, -0.2) is 4.39 Å². The molecular formula is C20H24FIN4O2. The minimum atomic E-state index is -0.399. The van der Waals surface area contributed by atoms with Crippen molar-refractivity contribution in [2.45, 2.75) is 18.9 Å². The number of aliphatic imine (C=N–C) groups is 1. The molecule has 3 N–H and O–H groups in total. The van der Waals surface area contributed by atoms with E-state index in [9.17, 15) is 9.18 Å². The first-order valence-corrected chi connectivity index (χ1v) is 8.76. The Morgan fingerprint density at radius 3 is 2.79 bits per heavy atom. The zero-order chi connectivity index (χ0) is 19.2. The number of hydrogen-bond donors (Lipinski definition) is 3. The van der Waals surface area contributed by atoms with Crippen molar-refractivity contribution in [3.63, 3.8) is 0 Å². The predicted molar refractivity (Wildman–Crippen MR) is 119 cm³/mol. The van der Waals surface area contributed by atoms with Gasteiger partial charge in [-0.1, -0.05) is 24.3 Å². The number of carbonyl (C=O) groups excluding carboxylic acids is 1. The van der Waals surface area contributed by atoms with Crippen molar-refractivity contribution in [1.29, 1.82) is 0 Å². The number of carbonyl (C=O) groups is 1. The monoisotopic (exact) mass is 498 g/mol. The van der Waals surface area contributed by atoms with Crippen LogP contribution < -0.4 is 20.7 Å². The number of methoxy groups -OCH3 is 1. The van der Waals surface area contributed by atoms with Crippen LogP contribution in [0.25, 0.3) is 0 Å². The highest BCUT2D eigenvalue weighted by Gasteiger charge is 2.24. The van der Waals surface area contributed by atoms with Gasteiger partial charge in [-0.2, -0.15) is 0 Å². The molecule has 0 radical (unpaired) electrons. The van der Waals surface area contributed by atoms with Crippen LogP contribution in [0.1, 0.15) is 23.5 Å². The summed E-state index contributed by atoms with van der Waals surface area (Å²) in [5.74, 6) is 0.485. The fourth-order valence-corrected chi connectivity index (χ4v) is 3.13. The van der Waals surface area contributed by atoms with Gasteiger partial charge < -0.3 is 20.7 Å². The Kier molecular flexibility index (Phi) is 8.04. The second-order valence-corrected chi connectivity index (χ2v) is 6.31. The molecule has 3 rings (SSSR count). The summed E-state index contributed by atoms with van der Waals surface area (Å²) in [5.41, 5.74) is 2.74. The van der Waals surface area contributed by atoms with Gasteiger partial charge in [-0.15, -0.1) is 24.0 Å². The maximum Gasteiger partial charge on any atom is 0.225 e. The highest BCUT2D eigenvalue weighted by Crippen LogP contribution is 2.31. The zero-order valence-electron chi connectivity index (χ0n) is 15.8. The molecule has 150 valence electrons. The third-order valence-corrected chi connectivity index (χ3v) is 4.52. The number of ether oxygens (including phenoxy) is 1. The van der Waals surface area contributed by atoms with Gasteiger partial charge in [0.1, 0.15) is 0 Å². The van der Waals surface area contributed by atoms with Crippen LogP contribution in [-0.4, -0.2) is 32.6 Å². The Morgan fingerprint density at radius 1 is 1.29 bits per heavy atom. The van der Waals surface area contributed by atoms with Gasteiger partial charge in [0.15, 0.2) is 17.5 Å². The number of halogens is 2. The van der Waals surface area contributed by atoms with E-state index in [1.165, 1.54) is 13.2 Å². The quantitative estimate of drug-likeness (QED) is 0.336. The second kappa shape index (κ2) is 10.3. The topological polar surface area (TPSA) is 74.8 Å². The lowest BCUT2D eigenvalue weighted by molar-refractivity contribution is -0.116. The molecule has 0 aliphatic carbocycles. The number of benzene rings is 2. The molecule has 2 aromatic carbocycles. The highest BCUT2D eigenvalue weighted by molar-refractivity contribution is 14.0. The van der Waals surface area contributed by atoms with Crippen molar-refractivity contribution in [2.75, 3.05) is 26.0 Å². The van der Waals surface area contributed by atoms with Crippen LogP contribution in [0.5, 0.6) is 5.75 Å². The van der Waals surface area contributed by atoms with Gasteiger partial charge in [0.05, 0.1) is 7.11 Å². The summed E-state index contributed by atoms with van der Waals surface area (Å²) in [6.45, 7) is 0.989. The number of hydrogen-bond acceptors (Lipinski definition) is 3. The summed E-state index contributed by atoms with van der Waals surface area (Å²) < 4.78 is 18.7. The Morgan fingerprint density at radius 2 is 2.07 bits per heavy atom. The van der Waals surface area contributed by atoms with Crippen LogP contribution in [0, 0.1) is 5.82 Å². The van der Waals surface area contributed by atoms with Crippen LogP contribution in [-0.2, 0) is 11.3 Å². The number of para-hydroxylation sites is 1. The average molecular weight is 498 g/mol. The highest BCUT2D eigenvalue weighted by atomic mass is 127. The Labute approximate surface area is 181 Å². The molecule has 0 saturated heterocycles. The number of fused-ring (bicyclic) bond motifs is 1. The van der Waals surface area contributed by atoms with Gasteiger partial charge in [-0.05, 0) is 29.3 Å². The third kappa shape index (κ3) is 5.34. The van der Waals surface area contributed by atoms with E-state index in [0.717, 1.165) is 16.8 Å². The van der Waals surface area contributed by atoms with E-state index >= 15 is 0 Å². The molecule has 1 atom stereocenters. The molecule has 0 spiro atoms. The fraction of sp³-hybridized carbons (Fsp3) is 0.300. The van der Waals surface area contributed by atoms with Crippen molar-refractivity contribution >= 4 is 41.5 Å². The van der Waals surface area contributed by atoms with E-state index < -0.39 is 5.82 Å². The van der Waals surface area contributed by atoms with Crippen molar-refractivity contribution < 1.29 is 13.9 Å². The molecule has 0 fully saturated rings. The zero-order valence-corrected chi connectivity index (χ0v) is 18.1. The van der Waals surface area contributed by atoms with Crippen LogP contribution >= 0.6 is 24.0 Å². The molecule has 6 nitrogen and oxygen atoms in total. The van der Waals surface area contributed by atoms with Crippen molar-refractivity contribution in [2.24, 2.45) is 4.99 Å². The number of amides is 1. The number of rotatable bonds is 5. The van der Waals surface area contributed by atoms with E-state index in [-0.39, 0.29) is 41.6 Å². The largest absolute Gasteiger partial charge is 0.494 e. The molecule has 2 aromatic rings. The smallest absolute Gasteiger partial charge is 0.225 e. The lowest BCUT2D eigenvalue weighted by Gasteiger charge is -2.26. The summed E-state index contributed by atoms with van der Waals surface area (Å²) in [6.07, 6.45) is 0.421. The lowest BCUT2D eigenvalue weighted by Crippen LogP contribution is -2.40. The Balaban J connectivity index is 0.00000280. The van der Waals surface area contributed by atoms with E-state index in [4.69, 9.17) is 4.74 Å². The molecule has 8 heteroatoms. The SMILES string of the molecule is CN=C(NCc1ccc(OC)c(F)c1)NCC1CC(=O)Nc2ccccc21.I. The van der Waals surface area contributed by atoms with E-state index in [0.29, 0.717) is 25.5 Å². The van der Waals surface area contributed by atoms with Crippen LogP contribution in [0.2, 0.25) is 0 Å². The lowest BCUT2D eigenvalue weighted by atomic mass is 9.90. The standard InChI is InChI=1S/C20H23FN4O2.HI/c1-22-20(23-11-13-7-8-18(27-2)16(21)9-13)24-12-14-10-19(26)25-17-6-4-3-5-15(14)17;/h3-9,14H,10-12H2,1-2H3,(H,25,26)(H2,22,23,24);1H. The Bertz CT molecular complexity index is 860. The average Bonchev–Trinajstić information content (AvgIpc) is 2.68. The summed E-state index contributed by atoms with van der Waals surface area (Å²) in [4.78, 5) is 16.1. The van der Waals surface area contributed by atoms with E-state index in [1.54, 1.807) is 19.2 Å². The van der Waals surface area contributed by atoms with Crippen molar-refractivity contribution in [3.05, 3.63) is 59.4 Å². The van der Waals surface area contributed by atoms with Gasteiger partial charge in [0, 0.05) is 38.2 Å². The molecule has 1 heterocycles. The molecule has 1 unspecified atom stereocenters. The van der Waals surface area contributed by atoms with Crippen LogP contribution in [0.3, 0.4) is 0 Å². The fourth-order valence-electron chi connectivity index (χ4n) is 3.13. The minimum Gasteiger partial charge on any atom is -0.494 e. The maximum atomic E-state index is 13.8. The summed E-state index contributed by atoms with van der Waals surface area (Å²) >= 11 is 0. The molecule has 1 aliphatic heterocycles. The van der Waals surface area contributed by atoms with Gasteiger partial charge in [0.25, 0.3) is 0 Å². The van der Waals surface area contributed by atoms with Crippen LogP contribution in [0.4, 0.5) is 10.1 Å². The molecular weight excluding hydrogens is 474 g/mol. The van der Waals surface area contributed by atoms with E-state index in [1.807, 2.05) is 24.3 Å². The minimum absolute atomic E-state index is 0. The molecule has 1 amide bonds. The third-order valence-electron chi connectivity index (χ3n) is 4.52. The molecule has 0 saturated carbocycles. The molecule has 28 heavy (non-hydrogen) atoms. The summed E-state index contributed by atoms with van der Waals surface area (Å²) in [5, 5.41) is 9.30. The number of nitrogens with one attached hydrogen (secondary N) is 3. The Hall–Kier alpha value is -2.36. The first kappa shape index (κ1) is 21.9. The van der Waals surface area contributed by atoms with Crippen molar-refractivity contribution in [3.8, 4) is 5.75 Å². The number of guanidine groups is 1. The summed E-state index contributed by atoms with van der Waals surface area (Å²) in [6, 6.07) is 12.6. The molecule has 0 aromatic heterocycles. The molecule has 0 bridgehead atoms. The van der Waals surface area contributed by atoms with Gasteiger partial charge in [0.2, 0.25) is 5.91 Å². The van der Waals surface area contributed by atoms with Crippen LogP contribution in [0.15, 0.2) is 47.5 Å². The van der Waals surface area contributed by atoms with E-state index in [2.05, 4.69) is 20.9 Å². The number of nitrogens with zero attached hydrogens (tertiary/aromatic N) is 1. The number of anilines is 1. The van der Waals surface area contributed by atoms with Gasteiger partial charge >= 0.3 is 0 Å². The van der Waals surface area contributed by atoms with Gasteiger partial charge in [-0.3, -0.25) is 9.79 Å². The predicted octanol–water partition coefficient (Wildman–Crippen LogP) is 3.24. The normalized spacial score (nSPS) is 15.8. The molecule has 1 aliphatic rings. The maximum absolute atomic E-state index is 13.8. The summed E-state index contributed by atoms with van der Waals surface area (Å²) in [7, 11) is 3.11. The first-order chi connectivity index (χ1) is 13.1. The first-order valence-electron chi connectivity index (χ1n) is 8.76. The van der Waals surface area contributed by atoms with Crippen molar-refractivity contribution in [1.82, 2.24) is 10.6 Å². The second-order valence-electron chi connectivity index (χ2n) is 6.31.